The van der Waals surface area contributed by atoms with Crippen molar-refractivity contribution in [1.82, 2.24) is 0 Å². The second-order valence-electron chi connectivity index (χ2n) is 4.44. The van der Waals surface area contributed by atoms with Crippen LogP contribution in [-0.4, -0.2) is 22.1 Å². The van der Waals surface area contributed by atoms with Crippen LogP contribution in [0.3, 0.4) is 0 Å². The number of phenolic OH excluding ortho intramolecular Hbond substituents is 1. The Morgan fingerprint density at radius 1 is 1.05 bits per heavy atom. The van der Waals surface area contributed by atoms with Crippen LogP contribution in [0.25, 0.3) is 0 Å². The lowest BCUT2D eigenvalue weighted by Gasteiger charge is -2.29. The zero-order valence-corrected chi connectivity index (χ0v) is 9.98. The van der Waals surface area contributed by atoms with Gasteiger partial charge in [-0.15, -0.1) is 0 Å². The van der Waals surface area contributed by atoms with Crippen molar-refractivity contribution in [3.8, 4) is 11.5 Å². The normalized spacial score (nSPS) is 21.6. The van der Waals surface area contributed by atoms with Crippen LogP contribution in [0.4, 0.5) is 0 Å². The molecule has 0 spiro atoms. The average Bonchev–Trinajstić information content (AvgIpc) is 2.43. The van der Waals surface area contributed by atoms with E-state index in [0.717, 1.165) is 5.56 Å². The van der Waals surface area contributed by atoms with Crippen LogP contribution in [0.2, 0.25) is 0 Å². The number of Topliss-reactive ketones (excluding diaryl/α,β-unsaturated/α-hetero) is 1. The Morgan fingerprint density at radius 2 is 1.79 bits per heavy atom. The van der Waals surface area contributed by atoms with Crippen molar-refractivity contribution in [2.45, 2.75) is 12.2 Å². The van der Waals surface area contributed by atoms with Crippen molar-refractivity contribution in [2.75, 3.05) is 0 Å². The van der Waals surface area contributed by atoms with E-state index < -0.39 is 18.0 Å². The van der Waals surface area contributed by atoms with Gasteiger partial charge in [0.25, 0.3) is 0 Å². The van der Waals surface area contributed by atoms with Crippen molar-refractivity contribution in [1.29, 1.82) is 0 Å². The zero-order chi connectivity index (χ0) is 13.4. The molecule has 1 aliphatic heterocycles. The molecule has 19 heavy (non-hydrogen) atoms. The number of carbonyl (C=O) groups is 1. The number of fused-ring (bicyclic) bond motifs is 1. The van der Waals surface area contributed by atoms with E-state index in [1.165, 1.54) is 18.2 Å². The Labute approximate surface area is 109 Å². The average molecular weight is 256 g/mol. The molecule has 0 aromatic heterocycles. The van der Waals surface area contributed by atoms with Gasteiger partial charge in [-0.05, 0) is 17.7 Å². The topological polar surface area (TPSA) is 66.8 Å². The second kappa shape index (κ2) is 4.40. The number of ether oxygens (including phenoxy) is 1. The molecular weight excluding hydrogens is 244 g/mol. The first-order chi connectivity index (χ1) is 9.16. The van der Waals surface area contributed by atoms with Gasteiger partial charge in [-0.2, -0.15) is 0 Å². The smallest absolute Gasteiger partial charge is 0.199 e. The van der Waals surface area contributed by atoms with Crippen molar-refractivity contribution < 1.29 is 19.7 Å². The highest BCUT2D eigenvalue weighted by Gasteiger charge is 2.36. The van der Waals surface area contributed by atoms with Gasteiger partial charge in [0.05, 0.1) is 5.56 Å². The number of hydrogen-bond acceptors (Lipinski definition) is 4. The molecule has 2 N–H and O–H groups in total. The van der Waals surface area contributed by atoms with E-state index in [0.29, 0.717) is 5.75 Å². The number of aliphatic hydroxyl groups excluding tert-OH is 1. The first-order valence-electron chi connectivity index (χ1n) is 5.94. The summed E-state index contributed by atoms with van der Waals surface area (Å²) >= 11 is 0. The summed E-state index contributed by atoms with van der Waals surface area (Å²) in [5.74, 6) is -0.0750. The van der Waals surface area contributed by atoms with Crippen LogP contribution < -0.4 is 4.74 Å². The van der Waals surface area contributed by atoms with E-state index in [1.54, 1.807) is 12.1 Å². The molecule has 0 fully saturated rings. The summed E-state index contributed by atoms with van der Waals surface area (Å²) in [7, 11) is 0. The molecule has 0 amide bonds. The maximum absolute atomic E-state index is 12.1. The van der Waals surface area contributed by atoms with Crippen LogP contribution in [0, 0.1) is 0 Å². The van der Waals surface area contributed by atoms with E-state index in [9.17, 15) is 15.0 Å². The monoisotopic (exact) mass is 256 g/mol. The molecule has 1 aliphatic rings. The summed E-state index contributed by atoms with van der Waals surface area (Å²) in [6.45, 7) is 0. The van der Waals surface area contributed by atoms with Crippen LogP contribution >= 0.6 is 0 Å². The molecule has 0 radical (unpaired) electrons. The van der Waals surface area contributed by atoms with Gasteiger partial charge < -0.3 is 14.9 Å². The van der Waals surface area contributed by atoms with E-state index in [-0.39, 0.29) is 11.3 Å². The minimum atomic E-state index is -1.24. The zero-order valence-electron chi connectivity index (χ0n) is 9.98. The third-order valence-electron chi connectivity index (χ3n) is 3.17. The lowest BCUT2D eigenvalue weighted by atomic mass is 9.93. The molecule has 0 aliphatic carbocycles. The fourth-order valence-corrected chi connectivity index (χ4v) is 2.20. The van der Waals surface area contributed by atoms with Crippen LogP contribution in [0.1, 0.15) is 22.0 Å². The van der Waals surface area contributed by atoms with Gasteiger partial charge in [-0.1, -0.05) is 30.3 Å². The minimum Gasteiger partial charge on any atom is -0.508 e. The van der Waals surface area contributed by atoms with E-state index in [1.807, 2.05) is 18.2 Å². The molecular formula is C15H12O4. The van der Waals surface area contributed by atoms with Crippen LogP contribution in [0.5, 0.6) is 11.5 Å². The molecule has 4 heteroatoms. The molecule has 4 nitrogen and oxygen atoms in total. The number of benzene rings is 2. The predicted octanol–water partition coefficient (Wildman–Crippen LogP) is 2.07. The molecule has 2 aromatic carbocycles. The summed E-state index contributed by atoms with van der Waals surface area (Å²) < 4.78 is 5.65. The number of hydrogen-bond donors (Lipinski definition) is 2. The third kappa shape index (κ3) is 1.96. The standard InChI is InChI=1S/C15H12O4/c16-10-6-7-11-12(8-10)19-15(14(18)13(11)17)9-4-2-1-3-5-9/h1-8,14-16,18H/t14-,15+/m1/s1. The Kier molecular flexibility index (Phi) is 2.72. The Bertz CT molecular complexity index is 621. The molecule has 0 saturated carbocycles. The van der Waals surface area contributed by atoms with Crippen molar-refractivity contribution in [3.05, 3.63) is 59.7 Å². The van der Waals surface area contributed by atoms with Crippen molar-refractivity contribution >= 4 is 5.78 Å². The SMILES string of the molecule is O=C1c2ccc(O)cc2O[C@@H](c2ccccc2)[C@@H]1O. The van der Waals surface area contributed by atoms with Crippen LogP contribution in [-0.2, 0) is 0 Å². The van der Waals surface area contributed by atoms with Crippen molar-refractivity contribution in [3.63, 3.8) is 0 Å². The lowest BCUT2D eigenvalue weighted by molar-refractivity contribution is 0.0215. The number of carbonyl (C=O) groups excluding carboxylic acids is 1. The maximum atomic E-state index is 12.1. The number of aliphatic hydroxyl groups is 1. The molecule has 3 rings (SSSR count). The molecule has 1 heterocycles. The van der Waals surface area contributed by atoms with E-state index in [4.69, 9.17) is 4.74 Å². The highest BCUT2D eigenvalue weighted by Crippen LogP contribution is 2.36. The van der Waals surface area contributed by atoms with Crippen LogP contribution in [0.15, 0.2) is 48.5 Å². The van der Waals surface area contributed by atoms with E-state index >= 15 is 0 Å². The number of ketones is 1. The molecule has 2 atom stereocenters. The fourth-order valence-electron chi connectivity index (χ4n) is 2.20. The van der Waals surface area contributed by atoms with Gasteiger partial charge in [0, 0.05) is 6.07 Å². The van der Waals surface area contributed by atoms with Gasteiger partial charge in [0.1, 0.15) is 11.5 Å². The Morgan fingerprint density at radius 3 is 2.53 bits per heavy atom. The fraction of sp³-hybridized carbons (Fsp3) is 0.133. The minimum absolute atomic E-state index is 0.0229. The quantitative estimate of drug-likeness (QED) is 0.819. The highest BCUT2D eigenvalue weighted by atomic mass is 16.5. The number of phenols is 1. The summed E-state index contributed by atoms with van der Waals surface area (Å²) in [6, 6.07) is 13.3. The Balaban J connectivity index is 2.05. The molecule has 96 valence electrons. The molecule has 0 bridgehead atoms. The summed E-state index contributed by atoms with van der Waals surface area (Å²) in [4.78, 5) is 12.1. The van der Waals surface area contributed by atoms with Gasteiger partial charge in [-0.3, -0.25) is 4.79 Å². The number of rotatable bonds is 1. The first kappa shape index (κ1) is 11.7. The largest absolute Gasteiger partial charge is 0.508 e. The summed E-state index contributed by atoms with van der Waals surface area (Å²) in [5.41, 5.74) is 1.01. The third-order valence-corrected chi connectivity index (χ3v) is 3.17. The first-order valence-corrected chi connectivity index (χ1v) is 5.94. The lowest BCUT2D eigenvalue weighted by Crippen LogP contribution is -2.36. The molecule has 0 unspecified atom stereocenters. The number of aromatic hydroxyl groups is 1. The molecule has 0 saturated heterocycles. The van der Waals surface area contributed by atoms with Gasteiger partial charge >= 0.3 is 0 Å². The Hall–Kier alpha value is -2.33. The van der Waals surface area contributed by atoms with Crippen molar-refractivity contribution in [2.24, 2.45) is 0 Å². The summed E-state index contributed by atoms with van der Waals surface area (Å²) in [5, 5.41) is 19.5. The molecule has 2 aromatic rings. The van der Waals surface area contributed by atoms with Gasteiger partial charge in [0.15, 0.2) is 18.0 Å². The van der Waals surface area contributed by atoms with Gasteiger partial charge in [0.2, 0.25) is 0 Å². The van der Waals surface area contributed by atoms with Gasteiger partial charge in [-0.25, -0.2) is 0 Å². The predicted molar refractivity (Wildman–Crippen MR) is 68.3 cm³/mol. The van der Waals surface area contributed by atoms with E-state index in [2.05, 4.69) is 0 Å². The second-order valence-corrected chi connectivity index (χ2v) is 4.44. The summed E-state index contributed by atoms with van der Waals surface area (Å²) in [6.07, 6.45) is -1.98. The maximum Gasteiger partial charge on any atom is 0.199 e. The highest BCUT2D eigenvalue weighted by molar-refractivity contribution is 6.03.